The maximum atomic E-state index is 6.47. The fourth-order valence-corrected chi connectivity index (χ4v) is 3.09. The third-order valence-electron chi connectivity index (χ3n) is 4.33. The van der Waals surface area contributed by atoms with Gasteiger partial charge in [-0.3, -0.25) is 0 Å². The van der Waals surface area contributed by atoms with Gasteiger partial charge in [-0.15, -0.1) is 0 Å². The molecule has 1 aliphatic carbocycles. The SMILES string of the molecule is CC(C)NCC(OC1CCCCC1C)c1ccc(Cl)cc1. The minimum absolute atomic E-state index is 0.107. The number of hydrogen-bond donors (Lipinski definition) is 1. The lowest BCUT2D eigenvalue weighted by Crippen LogP contribution is -2.34. The molecule has 1 N–H and O–H groups in total. The van der Waals surface area contributed by atoms with Crippen LogP contribution in [-0.2, 0) is 4.74 Å². The molecule has 0 spiro atoms. The monoisotopic (exact) mass is 309 g/mol. The Labute approximate surface area is 134 Å². The van der Waals surface area contributed by atoms with Crippen molar-refractivity contribution < 1.29 is 4.74 Å². The van der Waals surface area contributed by atoms with Gasteiger partial charge in [0.2, 0.25) is 0 Å². The van der Waals surface area contributed by atoms with Gasteiger partial charge in [0.05, 0.1) is 12.2 Å². The van der Waals surface area contributed by atoms with Gasteiger partial charge in [0.1, 0.15) is 0 Å². The summed E-state index contributed by atoms with van der Waals surface area (Å²) < 4.78 is 6.47. The third kappa shape index (κ3) is 5.28. The summed E-state index contributed by atoms with van der Waals surface area (Å²) in [6.07, 6.45) is 5.60. The second kappa shape index (κ2) is 8.17. The van der Waals surface area contributed by atoms with E-state index >= 15 is 0 Å². The van der Waals surface area contributed by atoms with E-state index in [1.165, 1.54) is 31.2 Å². The summed E-state index contributed by atoms with van der Waals surface area (Å²) in [5, 5.41) is 4.28. The average molecular weight is 310 g/mol. The molecular weight excluding hydrogens is 282 g/mol. The van der Waals surface area contributed by atoms with Crippen LogP contribution in [0.4, 0.5) is 0 Å². The first-order valence-corrected chi connectivity index (χ1v) is 8.58. The van der Waals surface area contributed by atoms with Crippen LogP contribution in [0.25, 0.3) is 0 Å². The van der Waals surface area contributed by atoms with E-state index in [0.717, 1.165) is 11.6 Å². The number of halogens is 1. The van der Waals surface area contributed by atoms with Gasteiger partial charge >= 0.3 is 0 Å². The fraction of sp³-hybridized carbons (Fsp3) is 0.667. The van der Waals surface area contributed by atoms with E-state index in [1.54, 1.807) is 0 Å². The normalized spacial score (nSPS) is 24.2. The van der Waals surface area contributed by atoms with Gasteiger partial charge < -0.3 is 10.1 Å². The highest BCUT2D eigenvalue weighted by atomic mass is 35.5. The van der Waals surface area contributed by atoms with Gasteiger partial charge in [0.25, 0.3) is 0 Å². The number of hydrogen-bond acceptors (Lipinski definition) is 2. The molecule has 1 fully saturated rings. The largest absolute Gasteiger partial charge is 0.369 e. The standard InChI is InChI=1S/C18H28ClNO/c1-13(2)20-12-18(15-8-10-16(19)11-9-15)21-17-7-5-4-6-14(17)3/h8-11,13-14,17-18,20H,4-7,12H2,1-3H3. The van der Waals surface area contributed by atoms with Crippen molar-refractivity contribution in [2.75, 3.05) is 6.54 Å². The lowest BCUT2D eigenvalue weighted by atomic mass is 9.87. The van der Waals surface area contributed by atoms with Crippen LogP contribution in [0.1, 0.15) is 58.1 Å². The highest BCUT2D eigenvalue weighted by Crippen LogP contribution is 2.31. The number of nitrogens with one attached hydrogen (secondary N) is 1. The van der Waals surface area contributed by atoms with Gasteiger partial charge in [0.15, 0.2) is 0 Å². The van der Waals surface area contributed by atoms with Crippen molar-refractivity contribution in [3.8, 4) is 0 Å². The van der Waals surface area contributed by atoms with Gasteiger partial charge in [-0.2, -0.15) is 0 Å². The molecule has 3 unspecified atom stereocenters. The van der Waals surface area contributed by atoms with Crippen LogP contribution in [0.5, 0.6) is 0 Å². The van der Waals surface area contributed by atoms with E-state index in [2.05, 4.69) is 38.2 Å². The van der Waals surface area contributed by atoms with Crippen molar-refractivity contribution in [1.29, 1.82) is 0 Å². The molecule has 1 aliphatic rings. The van der Waals surface area contributed by atoms with Crippen LogP contribution in [0.3, 0.4) is 0 Å². The summed E-state index contributed by atoms with van der Waals surface area (Å²) in [5.41, 5.74) is 1.21. The lowest BCUT2D eigenvalue weighted by Gasteiger charge is -2.33. The number of benzene rings is 1. The van der Waals surface area contributed by atoms with E-state index in [0.29, 0.717) is 18.1 Å². The molecule has 0 radical (unpaired) electrons. The molecule has 3 heteroatoms. The highest BCUT2D eigenvalue weighted by molar-refractivity contribution is 6.30. The van der Waals surface area contributed by atoms with Crippen molar-refractivity contribution in [2.24, 2.45) is 5.92 Å². The van der Waals surface area contributed by atoms with Crippen molar-refractivity contribution in [3.05, 3.63) is 34.9 Å². The van der Waals surface area contributed by atoms with Crippen molar-refractivity contribution >= 4 is 11.6 Å². The molecule has 2 nitrogen and oxygen atoms in total. The molecule has 1 saturated carbocycles. The zero-order valence-corrected chi connectivity index (χ0v) is 14.2. The quantitative estimate of drug-likeness (QED) is 0.800. The molecule has 1 aromatic carbocycles. The smallest absolute Gasteiger partial charge is 0.0953 e. The highest BCUT2D eigenvalue weighted by Gasteiger charge is 2.25. The predicted molar refractivity (Wildman–Crippen MR) is 89.8 cm³/mol. The Hall–Kier alpha value is -0.570. The van der Waals surface area contributed by atoms with Crippen molar-refractivity contribution in [1.82, 2.24) is 5.32 Å². The first-order valence-electron chi connectivity index (χ1n) is 8.20. The molecule has 0 bridgehead atoms. The summed E-state index contributed by atoms with van der Waals surface area (Å²) in [7, 11) is 0. The molecule has 2 rings (SSSR count). The topological polar surface area (TPSA) is 21.3 Å². The van der Waals surface area contributed by atoms with E-state index in [-0.39, 0.29) is 6.10 Å². The zero-order chi connectivity index (χ0) is 15.2. The summed E-state index contributed by atoms with van der Waals surface area (Å²) in [5.74, 6) is 0.660. The Bertz CT molecular complexity index is 418. The zero-order valence-electron chi connectivity index (χ0n) is 13.4. The van der Waals surface area contributed by atoms with Gasteiger partial charge in [-0.1, -0.05) is 57.3 Å². The Morgan fingerprint density at radius 3 is 2.48 bits per heavy atom. The van der Waals surface area contributed by atoms with Gasteiger partial charge in [-0.05, 0) is 36.5 Å². The molecule has 1 aromatic rings. The van der Waals surface area contributed by atoms with Crippen LogP contribution in [0, 0.1) is 5.92 Å². The first-order chi connectivity index (χ1) is 10.1. The minimum atomic E-state index is 0.107. The van der Waals surface area contributed by atoms with Gasteiger partial charge in [0, 0.05) is 17.6 Å². The molecule has 118 valence electrons. The molecule has 21 heavy (non-hydrogen) atoms. The second-order valence-corrected chi connectivity index (χ2v) is 6.98. The Kier molecular flexibility index (Phi) is 6.53. The minimum Gasteiger partial charge on any atom is -0.369 e. The van der Waals surface area contributed by atoms with E-state index < -0.39 is 0 Å². The number of rotatable bonds is 6. The molecule has 3 atom stereocenters. The van der Waals surface area contributed by atoms with Crippen LogP contribution >= 0.6 is 11.6 Å². The van der Waals surface area contributed by atoms with Gasteiger partial charge in [-0.25, -0.2) is 0 Å². The van der Waals surface area contributed by atoms with E-state index in [9.17, 15) is 0 Å². The molecule has 0 aromatic heterocycles. The van der Waals surface area contributed by atoms with Crippen LogP contribution in [-0.4, -0.2) is 18.7 Å². The summed E-state index contributed by atoms with van der Waals surface area (Å²) in [6.45, 7) is 7.51. The number of ether oxygens (including phenoxy) is 1. The van der Waals surface area contributed by atoms with Crippen LogP contribution in [0.2, 0.25) is 5.02 Å². The predicted octanol–water partition coefficient (Wildman–Crippen LogP) is 4.97. The molecular formula is C18H28ClNO. The molecule has 0 amide bonds. The van der Waals surface area contributed by atoms with Crippen LogP contribution < -0.4 is 5.32 Å². The average Bonchev–Trinajstić information content (AvgIpc) is 2.46. The Morgan fingerprint density at radius 2 is 1.86 bits per heavy atom. The fourth-order valence-electron chi connectivity index (χ4n) is 2.96. The third-order valence-corrected chi connectivity index (χ3v) is 4.58. The maximum Gasteiger partial charge on any atom is 0.0953 e. The lowest BCUT2D eigenvalue weighted by molar-refractivity contribution is -0.0569. The van der Waals surface area contributed by atoms with E-state index in [4.69, 9.17) is 16.3 Å². The van der Waals surface area contributed by atoms with Crippen molar-refractivity contribution in [2.45, 2.75) is 64.7 Å². The van der Waals surface area contributed by atoms with Crippen molar-refractivity contribution in [3.63, 3.8) is 0 Å². The first kappa shape index (κ1) is 16.8. The summed E-state index contributed by atoms with van der Waals surface area (Å²) in [6, 6.07) is 8.54. The molecule has 0 saturated heterocycles. The summed E-state index contributed by atoms with van der Waals surface area (Å²) >= 11 is 6.00. The van der Waals surface area contributed by atoms with E-state index in [1.807, 2.05) is 12.1 Å². The van der Waals surface area contributed by atoms with Crippen LogP contribution in [0.15, 0.2) is 24.3 Å². The molecule has 0 aliphatic heterocycles. The maximum absolute atomic E-state index is 6.47. The summed E-state index contributed by atoms with van der Waals surface area (Å²) in [4.78, 5) is 0. The second-order valence-electron chi connectivity index (χ2n) is 6.54. The Morgan fingerprint density at radius 1 is 1.19 bits per heavy atom. The Balaban J connectivity index is 2.05. The molecule has 0 heterocycles.